The molecule has 1 aromatic heterocycles. The molecule has 2 amide bonds. The lowest BCUT2D eigenvalue weighted by Gasteiger charge is -2.19. The minimum absolute atomic E-state index is 0.0208. The summed E-state index contributed by atoms with van der Waals surface area (Å²) in [6, 6.07) is 23.9. The molecule has 1 atom stereocenters. The second-order valence-corrected chi connectivity index (χ2v) is 7.29. The first-order chi connectivity index (χ1) is 14.7. The van der Waals surface area contributed by atoms with Crippen LogP contribution in [0, 0.1) is 6.92 Å². The van der Waals surface area contributed by atoms with Gasteiger partial charge in [-0.1, -0.05) is 54.6 Å². The van der Waals surface area contributed by atoms with Gasteiger partial charge in [0.2, 0.25) is 0 Å². The molecule has 0 aliphatic carbocycles. The number of carbonyl (C=O) groups excluding carboxylic acids is 1. The summed E-state index contributed by atoms with van der Waals surface area (Å²) in [7, 11) is 1.59. The number of nitrogens with one attached hydrogen (secondary N) is 3. The van der Waals surface area contributed by atoms with Crippen molar-refractivity contribution in [3.05, 3.63) is 95.7 Å². The van der Waals surface area contributed by atoms with E-state index in [1.165, 1.54) is 0 Å². The fourth-order valence-corrected chi connectivity index (χ4v) is 3.76. The van der Waals surface area contributed by atoms with E-state index in [2.05, 4.69) is 39.9 Å². The minimum Gasteiger partial charge on any atom is -0.495 e. The Balaban J connectivity index is 1.56. The number of hydrogen-bond donors (Lipinski definition) is 3. The van der Waals surface area contributed by atoms with Crippen molar-refractivity contribution in [3.8, 4) is 5.75 Å². The molecule has 0 saturated heterocycles. The zero-order chi connectivity index (χ0) is 20.9. The van der Waals surface area contributed by atoms with Crippen molar-refractivity contribution in [3.63, 3.8) is 0 Å². The molecule has 30 heavy (non-hydrogen) atoms. The first-order valence-electron chi connectivity index (χ1n) is 9.96. The summed E-state index contributed by atoms with van der Waals surface area (Å²) < 4.78 is 5.36. The molecule has 0 saturated carbocycles. The number of methoxy groups -OCH3 is 1. The maximum atomic E-state index is 12.7. The van der Waals surface area contributed by atoms with Gasteiger partial charge in [0.15, 0.2) is 0 Å². The van der Waals surface area contributed by atoms with Crippen molar-refractivity contribution < 1.29 is 9.53 Å². The Bertz CT molecular complexity index is 1150. The molecule has 0 fully saturated rings. The molecule has 0 aliphatic heterocycles. The van der Waals surface area contributed by atoms with Crippen LogP contribution in [-0.4, -0.2) is 24.7 Å². The van der Waals surface area contributed by atoms with E-state index in [-0.39, 0.29) is 11.9 Å². The van der Waals surface area contributed by atoms with Gasteiger partial charge >= 0.3 is 6.03 Å². The van der Waals surface area contributed by atoms with Gasteiger partial charge in [-0.3, -0.25) is 0 Å². The van der Waals surface area contributed by atoms with Gasteiger partial charge in [-0.05, 0) is 41.8 Å². The highest BCUT2D eigenvalue weighted by molar-refractivity contribution is 5.91. The summed E-state index contributed by atoms with van der Waals surface area (Å²) in [5.74, 6) is 0.652. The second-order valence-electron chi connectivity index (χ2n) is 7.29. The van der Waals surface area contributed by atoms with Crippen molar-refractivity contribution >= 4 is 22.6 Å². The fourth-order valence-electron chi connectivity index (χ4n) is 3.76. The Labute approximate surface area is 176 Å². The molecule has 3 aromatic carbocycles. The molecule has 152 valence electrons. The number of H-pyrrole nitrogens is 1. The van der Waals surface area contributed by atoms with Crippen molar-refractivity contribution in [1.82, 2.24) is 10.3 Å². The second kappa shape index (κ2) is 8.74. The summed E-state index contributed by atoms with van der Waals surface area (Å²) >= 11 is 0. The van der Waals surface area contributed by atoms with Crippen LogP contribution in [0.1, 0.15) is 22.6 Å². The van der Waals surface area contributed by atoms with Gasteiger partial charge in [-0.15, -0.1) is 0 Å². The van der Waals surface area contributed by atoms with Crippen LogP contribution in [0.5, 0.6) is 5.75 Å². The number of hydrogen-bond acceptors (Lipinski definition) is 2. The first kappa shape index (κ1) is 19.6. The van der Waals surface area contributed by atoms with Crippen LogP contribution >= 0.6 is 0 Å². The van der Waals surface area contributed by atoms with Crippen molar-refractivity contribution in [1.29, 1.82) is 0 Å². The van der Waals surface area contributed by atoms with Crippen LogP contribution in [0.3, 0.4) is 0 Å². The number of aromatic nitrogens is 1. The number of aryl methyl sites for hydroxylation is 1. The number of rotatable bonds is 6. The molecule has 0 aliphatic rings. The Morgan fingerprint density at radius 3 is 2.60 bits per heavy atom. The topological polar surface area (TPSA) is 66.2 Å². The van der Waals surface area contributed by atoms with Crippen LogP contribution in [0.15, 0.2) is 79.0 Å². The smallest absolute Gasteiger partial charge is 0.319 e. The minimum atomic E-state index is -0.264. The summed E-state index contributed by atoms with van der Waals surface area (Å²) in [6.45, 7) is 2.44. The Hall–Kier alpha value is -3.73. The average Bonchev–Trinajstić information content (AvgIpc) is 3.19. The molecule has 5 nitrogen and oxygen atoms in total. The highest BCUT2D eigenvalue weighted by Crippen LogP contribution is 2.30. The van der Waals surface area contributed by atoms with Crippen LogP contribution in [0.4, 0.5) is 10.5 Å². The van der Waals surface area contributed by atoms with Gasteiger partial charge < -0.3 is 20.4 Å². The molecule has 5 heteroatoms. The summed E-state index contributed by atoms with van der Waals surface area (Å²) in [6.07, 6.45) is 2.03. The largest absolute Gasteiger partial charge is 0.495 e. The van der Waals surface area contributed by atoms with E-state index in [4.69, 9.17) is 4.74 Å². The van der Waals surface area contributed by atoms with Crippen LogP contribution in [0.25, 0.3) is 10.9 Å². The lowest BCUT2D eigenvalue weighted by atomic mass is 9.91. The highest BCUT2D eigenvalue weighted by atomic mass is 16.5. The number of fused-ring (bicyclic) bond motifs is 1. The predicted octanol–water partition coefficient (Wildman–Crippen LogP) is 5.44. The number of anilines is 1. The molecule has 0 spiro atoms. The SMILES string of the molecule is COc1ccc(C)cc1NC(=O)NCC(c1ccccc1)c1c[nH]c2ccccc12. The molecule has 3 N–H and O–H groups in total. The molecule has 1 unspecified atom stereocenters. The van der Waals surface area contributed by atoms with E-state index in [1.807, 2.05) is 61.7 Å². The number of para-hydroxylation sites is 1. The van der Waals surface area contributed by atoms with Gasteiger partial charge in [0.1, 0.15) is 5.75 Å². The first-order valence-corrected chi connectivity index (χ1v) is 9.96. The highest BCUT2D eigenvalue weighted by Gasteiger charge is 2.19. The lowest BCUT2D eigenvalue weighted by Crippen LogP contribution is -2.32. The van der Waals surface area contributed by atoms with Crippen LogP contribution in [-0.2, 0) is 0 Å². The van der Waals surface area contributed by atoms with E-state index in [9.17, 15) is 4.79 Å². The zero-order valence-corrected chi connectivity index (χ0v) is 17.1. The monoisotopic (exact) mass is 399 g/mol. The molecule has 4 rings (SSSR count). The number of amides is 2. The quantitative estimate of drug-likeness (QED) is 0.404. The van der Waals surface area contributed by atoms with E-state index in [0.29, 0.717) is 18.0 Å². The Morgan fingerprint density at radius 2 is 1.80 bits per heavy atom. The van der Waals surface area contributed by atoms with E-state index < -0.39 is 0 Å². The van der Waals surface area contributed by atoms with Gasteiger partial charge in [0.05, 0.1) is 12.8 Å². The molecule has 4 aromatic rings. The normalized spacial score (nSPS) is 11.8. The number of urea groups is 1. The summed E-state index contributed by atoms with van der Waals surface area (Å²) in [5.41, 5.74) is 5.09. The number of benzene rings is 3. The van der Waals surface area contributed by atoms with Gasteiger partial charge in [-0.25, -0.2) is 4.79 Å². The molecular weight excluding hydrogens is 374 g/mol. The van der Waals surface area contributed by atoms with E-state index >= 15 is 0 Å². The number of aromatic amines is 1. The third kappa shape index (κ3) is 4.15. The summed E-state index contributed by atoms with van der Waals surface area (Å²) in [5, 5.41) is 7.10. The predicted molar refractivity (Wildman–Crippen MR) is 121 cm³/mol. The van der Waals surface area contributed by atoms with E-state index in [1.54, 1.807) is 7.11 Å². The third-order valence-electron chi connectivity index (χ3n) is 5.27. The maximum Gasteiger partial charge on any atom is 0.319 e. The maximum absolute atomic E-state index is 12.7. The van der Waals surface area contributed by atoms with E-state index in [0.717, 1.165) is 27.6 Å². The summed E-state index contributed by atoms with van der Waals surface area (Å²) in [4.78, 5) is 16.0. The van der Waals surface area contributed by atoms with Gasteiger partial charge in [0, 0.05) is 29.6 Å². The van der Waals surface area contributed by atoms with Crippen molar-refractivity contribution in [2.45, 2.75) is 12.8 Å². The molecular formula is C25H25N3O2. The van der Waals surface area contributed by atoms with Crippen LogP contribution in [0.2, 0.25) is 0 Å². The molecule has 0 bridgehead atoms. The Morgan fingerprint density at radius 1 is 1.03 bits per heavy atom. The van der Waals surface area contributed by atoms with Gasteiger partial charge in [0.25, 0.3) is 0 Å². The van der Waals surface area contributed by atoms with Gasteiger partial charge in [-0.2, -0.15) is 0 Å². The fraction of sp³-hybridized carbons (Fsp3) is 0.160. The number of carbonyl (C=O) groups is 1. The third-order valence-corrected chi connectivity index (χ3v) is 5.27. The Kier molecular flexibility index (Phi) is 5.70. The standard InChI is InChI=1S/C25H25N3O2/c1-17-12-13-24(30-2)23(14-17)28-25(29)27-15-20(18-8-4-3-5-9-18)21-16-26-22-11-7-6-10-19(21)22/h3-14,16,20,26H,15H2,1-2H3,(H2,27,28,29). The number of ether oxygens (including phenoxy) is 1. The van der Waals surface area contributed by atoms with Crippen molar-refractivity contribution in [2.24, 2.45) is 0 Å². The average molecular weight is 399 g/mol. The molecule has 0 radical (unpaired) electrons. The lowest BCUT2D eigenvalue weighted by molar-refractivity contribution is 0.251. The van der Waals surface area contributed by atoms with Crippen LogP contribution < -0.4 is 15.4 Å². The molecule has 1 heterocycles. The van der Waals surface area contributed by atoms with Crippen molar-refractivity contribution in [2.75, 3.05) is 19.0 Å². The zero-order valence-electron chi connectivity index (χ0n) is 17.1.